The maximum Gasteiger partial charge on any atom is 0.143 e. The van der Waals surface area contributed by atoms with Crippen molar-refractivity contribution in [1.29, 1.82) is 0 Å². The number of aromatic amines is 2. The van der Waals surface area contributed by atoms with Gasteiger partial charge in [-0.25, -0.2) is 4.39 Å². The van der Waals surface area contributed by atoms with Crippen LogP contribution in [-0.2, 0) is 0 Å². The van der Waals surface area contributed by atoms with E-state index in [4.69, 9.17) is 11.6 Å². The molecule has 0 atom stereocenters. The summed E-state index contributed by atoms with van der Waals surface area (Å²) in [5.74, 6) is -0.642. The molecule has 2 heterocycles. The fraction of sp³-hybridized carbons (Fsp3) is 0.0667. The van der Waals surface area contributed by atoms with Crippen molar-refractivity contribution in [1.82, 2.24) is 9.97 Å². The summed E-state index contributed by atoms with van der Waals surface area (Å²) in [4.78, 5) is 6.27. The van der Waals surface area contributed by atoms with E-state index in [9.17, 15) is 4.39 Å². The van der Waals surface area contributed by atoms with Crippen molar-refractivity contribution in [2.45, 2.75) is 5.92 Å². The maximum atomic E-state index is 14.5. The number of rotatable bonds is 3. The maximum absolute atomic E-state index is 14.5. The Morgan fingerprint density at radius 1 is 1.00 bits per heavy atom. The molecule has 0 saturated heterocycles. The average molecular weight is 354 g/mol. The molecule has 2 nitrogen and oxygen atoms in total. The molecule has 0 radical (unpaired) electrons. The lowest BCUT2D eigenvalue weighted by Gasteiger charge is -2.18. The molecule has 102 valence electrons. The Bertz CT molecular complexity index is 674. The van der Waals surface area contributed by atoms with Gasteiger partial charge in [0.25, 0.3) is 0 Å². The van der Waals surface area contributed by atoms with Gasteiger partial charge >= 0.3 is 0 Å². The highest BCUT2D eigenvalue weighted by atomic mass is 79.9. The smallest absolute Gasteiger partial charge is 0.143 e. The van der Waals surface area contributed by atoms with Crippen LogP contribution in [0.5, 0.6) is 0 Å². The second-order valence-electron chi connectivity index (χ2n) is 4.44. The number of hydrogen-bond acceptors (Lipinski definition) is 0. The monoisotopic (exact) mass is 352 g/mol. The number of H-pyrrole nitrogens is 2. The van der Waals surface area contributed by atoms with Crippen LogP contribution in [0.4, 0.5) is 4.39 Å². The summed E-state index contributed by atoms with van der Waals surface area (Å²) < 4.78 is 14.9. The van der Waals surface area contributed by atoms with Crippen LogP contribution >= 0.6 is 27.5 Å². The van der Waals surface area contributed by atoms with E-state index in [1.165, 1.54) is 0 Å². The van der Waals surface area contributed by atoms with E-state index >= 15 is 0 Å². The Morgan fingerprint density at radius 3 is 2.10 bits per heavy atom. The molecule has 0 unspecified atom stereocenters. The average Bonchev–Trinajstić information content (AvgIpc) is 3.12. The molecule has 0 aliphatic rings. The molecule has 5 heteroatoms. The normalized spacial score (nSPS) is 11.2. The number of benzene rings is 1. The highest BCUT2D eigenvalue weighted by molar-refractivity contribution is 9.10. The van der Waals surface area contributed by atoms with Gasteiger partial charge in [-0.3, -0.25) is 0 Å². The van der Waals surface area contributed by atoms with Gasteiger partial charge < -0.3 is 9.97 Å². The van der Waals surface area contributed by atoms with E-state index in [2.05, 4.69) is 25.9 Å². The summed E-state index contributed by atoms with van der Waals surface area (Å²) in [6.07, 6.45) is 3.63. The molecule has 3 rings (SSSR count). The van der Waals surface area contributed by atoms with Gasteiger partial charge in [0.2, 0.25) is 0 Å². The van der Waals surface area contributed by atoms with Gasteiger partial charge in [-0.1, -0.05) is 11.6 Å². The summed E-state index contributed by atoms with van der Waals surface area (Å²) in [6, 6.07) is 10.9. The zero-order chi connectivity index (χ0) is 14.1. The van der Waals surface area contributed by atoms with Gasteiger partial charge in [0.15, 0.2) is 0 Å². The molecule has 0 amide bonds. The minimum atomic E-state index is -0.341. The minimum absolute atomic E-state index is 0.301. The lowest BCUT2D eigenvalue weighted by atomic mass is 9.92. The van der Waals surface area contributed by atoms with Crippen LogP contribution < -0.4 is 0 Å². The third kappa shape index (κ3) is 2.30. The molecule has 0 spiro atoms. The molecule has 2 aromatic heterocycles. The van der Waals surface area contributed by atoms with Crippen LogP contribution in [0.15, 0.2) is 53.3 Å². The van der Waals surface area contributed by atoms with Crippen molar-refractivity contribution < 1.29 is 4.39 Å². The number of nitrogens with one attached hydrogen (secondary N) is 2. The SMILES string of the molecule is Fc1c(Br)ccc(Cl)c1C(c1ccc[nH]1)c1ccc[nH]1. The third-order valence-electron chi connectivity index (χ3n) is 3.23. The Balaban J connectivity index is 2.24. The molecule has 3 aromatic rings. The summed E-state index contributed by atoms with van der Waals surface area (Å²) >= 11 is 9.46. The highest BCUT2D eigenvalue weighted by Gasteiger charge is 2.25. The Hall–Kier alpha value is -1.52. The molecule has 0 fully saturated rings. The zero-order valence-corrected chi connectivity index (χ0v) is 12.7. The second kappa shape index (κ2) is 5.46. The lowest BCUT2D eigenvalue weighted by Crippen LogP contribution is -2.08. The summed E-state index contributed by atoms with van der Waals surface area (Å²) in [5.41, 5.74) is 2.21. The summed E-state index contributed by atoms with van der Waals surface area (Å²) in [7, 11) is 0. The first-order chi connectivity index (χ1) is 9.68. The molecule has 0 aliphatic carbocycles. The zero-order valence-electron chi connectivity index (χ0n) is 10.3. The van der Waals surface area contributed by atoms with Gasteiger partial charge in [-0.15, -0.1) is 0 Å². The van der Waals surface area contributed by atoms with E-state index in [1.807, 2.05) is 36.7 Å². The van der Waals surface area contributed by atoms with Gasteiger partial charge in [-0.05, 0) is 52.3 Å². The van der Waals surface area contributed by atoms with Crippen molar-refractivity contribution in [2.24, 2.45) is 0 Å². The molecule has 0 saturated carbocycles. The third-order valence-corrected chi connectivity index (χ3v) is 4.18. The van der Waals surface area contributed by atoms with Gasteiger partial charge in [0, 0.05) is 34.4 Å². The van der Waals surface area contributed by atoms with Crippen LogP contribution in [0, 0.1) is 5.82 Å². The van der Waals surface area contributed by atoms with Crippen LogP contribution in [-0.4, -0.2) is 9.97 Å². The summed E-state index contributed by atoms with van der Waals surface area (Å²) in [6.45, 7) is 0. The molecular formula is C15H11BrClFN2. The van der Waals surface area contributed by atoms with Crippen molar-refractivity contribution in [3.8, 4) is 0 Å². The lowest BCUT2D eigenvalue weighted by molar-refractivity contribution is 0.598. The van der Waals surface area contributed by atoms with E-state index in [0.717, 1.165) is 11.4 Å². The quantitative estimate of drug-likeness (QED) is 0.616. The highest BCUT2D eigenvalue weighted by Crippen LogP contribution is 2.38. The van der Waals surface area contributed by atoms with E-state index in [0.29, 0.717) is 15.1 Å². The first-order valence-electron chi connectivity index (χ1n) is 6.08. The minimum Gasteiger partial charge on any atom is -0.364 e. The molecule has 1 aromatic carbocycles. The van der Waals surface area contributed by atoms with Crippen LogP contribution in [0.25, 0.3) is 0 Å². The van der Waals surface area contributed by atoms with E-state index in [-0.39, 0.29) is 11.7 Å². The Kier molecular flexibility index (Phi) is 3.68. The van der Waals surface area contributed by atoms with E-state index < -0.39 is 0 Å². The first-order valence-corrected chi connectivity index (χ1v) is 7.25. The van der Waals surface area contributed by atoms with Crippen molar-refractivity contribution in [3.05, 3.63) is 81.1 Å². The van der Waals surface area contributed by atoms with Crippen molar-refractivity contribution >= 4 is 27.5 Å². The molecule has 2 N–H and O–H groups in total. The first kappa shape index (κ1) is 13.5. The number of aromatic nitrogens is 2. The predicted octanol–water partition coefficient (Wildman–Crippen LogP) is 5.08. The summed E-state index contributed by atoms with van der Waals surface area (Å²) in [5, 5.41) is 0.403. The molecule has 20 heavy (non-hydrogen) atoms. The number of halogens is 3. The fourth-order valence-electron chi connectivity index (χ4n) is 2.33. The topological polar surface area (TPSA) is 31.6 Å². The van der Waals surface area contributed by atoms with E-state index in [1.54, 1.807) is 12.1 Å². The molecule has 0 aliphatic heterocycles. The standard InChI is InChI=1S/C15H11BrClFN2/c16-9-5-6-10(17)13(15(9)18)14(11-3-1-7-19-11)12-4-2-8-20-12/h1-8,14,19-20H. The van der Waals surface area contributed by atoms with Gasteiger partial charge in [0.1, 0.15) is 5.82 Å². The van der Waals surface area contributed by atoms with Gasteiger partial charge in [-0.2, -0.15) is 0 Å². The van der Waals surface area contributed by atoms with Crippen LogP contribution in [0.3, 0.4) is 0 Å². The predicted molar refractivity (Wildman–Crippen MR) is 81.6 cm³/mol. The van der Waals surface area contributed by atoms with Crippen molar-refractivity contribution in [2.75, 3.05) is 0 Å². The molecule has 0 bridgehead atoms. The Labute approximate surface area is 129 Å². The second-order valence-corrected chi connectivity index (χ2v) is 5.70. The van der Waals surface area contributed by atoms with Crippen LogP contribution in [0.2, 0.25) is 5.02 Å². The number of hydrogen-bond donors (Lipinski definition) is 2. The van der Waals surface area contributed by atoms with Crippen LogP contribution in [0.1, 0.15) is 22.9 Å². The fourth-order valence-corrected chi connectivity index (χ4v) is 2.93. The largest absolute Gasteiger partial charge is 0.364 e. The molecular weight excluding hydrogens is 343 g/mol. The van der Waals surface area contributed by atoms with Gasteiger partial charge in [0.05, 0.1) is 10.4 Å². The Morgan fingerprint density at radius 2 is 1.60 bits per heavy atom. The van der Waals surface area contributed by atoms with Crippen molar-refractivity contribution in [3.63, 3.8) is 0 Å².